The van der Waals surface area contributed by atoms with Crippen LogP contribution in [0.1, 0.15) is 33.3 Å². The molecule has 28 heavy (non-hydrogen) atoms. The molecule has 0 saturated carbocycles. The predicted octanol–water partition coefficient (Wildman–Crippen LogP) is 1.52. The molecule has 1 rings (SSSR count). The molecule has 8 nitrogen and oxygen atoms in total. The molecule has 0 saturated heterocycles. The monoisotopic (exact) mass is 525 g/mol. The molecule has 0 spiro atoms. The van der Waals surface area contributed by atoms with Crippen LogP contribution in [0.2, 0.25) is 0 Å². The SMILES string of the molecule is CCNC(=NCc1ccc(S(=O)(=O)N(C)C)cc1)NCC(=O)NC(C)(C)C.I. The Bertz CT molecular complexity index is 756. The van der Waals surface area contributed by atoms with Gasteiger partial charge in [0.05, 0.1) is 18.0 Å². The van der Waals surface area contributed by atoms with Gasteiger partial charge in [-0.3, -0.25) is 4.79 Å². The number of nitrogens with one attached hydrogen (secondary N) is 3. The number of hydrogen-bond acceptors (Lipinski definition) is 4. The lowest BCUT2D eigenvalue weighted by atomic mass is 10.1. The summed E-state index contributed by atoms with van der Waals surface area (Å²) in [5, 5.41) is 8.94. The molecule has 1 amide bonds. The number of nitrogens with zero attached hydrogens (tertiary/aromatic N) is 2. The Morgan fingerprint density at radius 3 is 2.14 bits per heavy atom. The molecule has 160 valence electrons. The van der Waals surface area contributed by atoms with E-state index in [2.05, 4.69) is 20.9 Å². The van der Waals surface area contributed by atoms with Crippen LogP contribution in [0.5, 0.6) is 0 Å². The molecule has 0 aliphatic rings. The summed E-state index contributed by atoms with van der Waals surface area (Å²) in [6, 6.07) is 6.60. The smallest absolute Gasteiger partial charge is 0.242 e. The number of carbonyl (C=O) groups is 1. The third-order valence-corrected chi connectivity index (χ3v) is 5.23. The molecular weight excluding hydrogens is 493 g/mol. The number of halogens is 1. The lowest BCUT2D eigenvalue weighted by Crippen LogP contribution is -2.48. The van der Waals surface area contributed by atoms with Crippen LogP contribution >= 0.6 is 24.0 Å². The molecule has 0 unspecified atom stereocenters. The highest BCUT2D eigenvalue weighted by molar-refractivity contribution is 14.0. The molecular formula is C18H32IN5O3S. The second-order valence-electron chi connectivity index (χ2n) is 7.28. The number of benzene rings is 1. The van der Waals surface area contributed by atoms with Crippen molar-refractivity contribution >= 4 is 45.9 Å². The van der Waals surface area contributed by atoms with E-state index in [-0.39, 0.29) is 46.9 Å². The summed E-state index contributed by atoms with van der Waals surface area (Å²) in [4.78, 5) is 16.6. The van der Waals surface area contributed by atoms with Crippen molar-refractivity contribution < 1.29 is 13.2 Å². The summed E-state index contributed by atoms with van der Waals surface area (Å²) in [6.45, 7) is 8.83. The molecule has 1 aromatic carbocycles. The minimum absolute atomic E-state index is 0. The molecule has 0 bridgehead atoms. The average molecular weight is 525 g/mol. The summed E-state index contributed by atoms with van der Waals surface area (Å²) in [5.74, 6) is 0.401. The first-order valence-corrected chi connectivity index (χ1v) is 10.2. The maximum absolute atomic E-state index is 12.1. The van der Waals surface area contributed by atoms with Crippen molar-refractivity contribution in [1.82, 2.24) is 20.3 Å². The zero-order valence-electron chi connectivity index (χ0n) is 17.4. The van der Waals surface area contributed by atoms with Gasteiger partial charge >= 0.3 is 0 Å². The van der Waals surface area contributed by atoms with E-state index in [0.717, 1.165) is 5.56 Å². The summed E-state index contributed by atoms with van der Waals surface area (Å²) < 4.78 is 25.3. The van der Waals surface area contributed by atoms with Crippen LogP contribution in [-0.2, 0) is 21.4 Å². The van der Waals surface area contributed by atoms with E-state index in [1.165, 1.54) is 18.4 Å². The number of aliphatic imine (C=N–C) groups is 1. The fourth-order valence-corrected chi connectivity index (χ4v) is 3.02. The Morgan fingerprint density at radius 2 is 1.68 bits per heavy atom. The largest absolute Gasteiger partial charge is 0.357 e. The van der Waals surface area contributed by atoms with Crippen LogP contribution in [0.25, 0.3) is 0 Å². The Morgan fingerprint density at radius 1 is 1.11 bits per heavy atom. The first-order chi connectivity index (χ1) is 12.5. The van der Waals surface area contributed by atoms with E-state index < -0.39 is 10.0 Å². The van der Waals surface area contributed by atoms with Crippen LogP contribution in [0.4, 0.5) is 0 Å². The van der Waals surface area contributed by atoms with Gasteiger partial charge < -0.3 is 16.0 Å². The molecule has 0 atom stereocenters. The van der Waals surface area contributed by atoms with Crippen LogP contribution in [0, 0.1) is 0 Å². The molecule has 10 heteroatoms. The average Bonchev–Trinajstić information content (AvgIpc) is 2.56. The van der Waals surface area contributed by atoms with E-state index >= 15 is 0 Å². The Balaban J connectivity index is 0.00000729. The van der Waals surface area contributed by atoms with Crippen molar-refractivity contribution in [2.75, 3.05) is 27.2 Å². The molecule has 3 N–H and O–H groups in total. The van der Waals surface area contributed by atoms with Gasteiger partial charge in [-0.05, 0) is 45.4 Å². The third-order valence-electron chi connectivity index (χ3n) is 3.40. The molecule has 0 aliphatic carbocycles. The van der Waals surface area contributed by atoms with E-state index in [4.69, 9.17) is 0 Å². The number of rotatable bonds is 7. The van der Waals surface area contributed by atoms with E-state index in [1.54, 1.807) is 24.3 Å². The predicted molar refractivity (Wildman–Crippen MR) is 123 cm³/mol. The summed E-state index contributed by atoms with van der Waals surface area (Å²) in [6.07, 6.45) is 0. The highest BCUT2D eigenvalue weighted by atomic mass is 127. The molecule has 0 heterocycles. The topological polar surface area (TPSA) is 103 Å². The number of sulfonamides is 1. The maximum Gasteiger partial charge on any atom is 0.242 e. The second kappa shape index (κ2) is 11.6. The lowest BCUT2D eigenvalue weighted by Gasteiger charge is -2.21. The molecule has 0 aliphatic heterocycles. The number of hydrogen-bond donors (Lipinski definition) is 3. The number of carbonyl (C=O) groups excluding carboxylic acids is 1. The maximum atomic E-state index is 12.1. The second-order valence-corrected chi connectivity index (χ2v) is 9.43. The summed E-state index contributed by atoms with van der Waals surface area (Å²) >= 11 is 0. The van der Waals surface area contributed by atoms with Crippen molar-refractivity contribution in [2.24, 2.45) is 4.99 Å². The minimum Gasteiger partial charge on any atom is -0.357 e. The van der Waals surface area contributed by atoms with Gasteiger partial charge in [-0.2, -0.15) is 0 Å². The third kappa shape index (κ3) is 9.20. The molecule has 1 aromatic rings. The zero-order valence-corrected chi connectivity index (χ0v) is 20.5. The van der Waals surface area contributed by atoms with Crippen molar-refractivity contribution in [3.05, 3.63) is 29.8 Å². The van der Waals surface area contributed by atoms with Crippen LogP contribution in [0.3, 0.4) is 0 Å². The summed E-state index contributed by atoms with van der Waals surface area (Å²) in [5.41, 5.74) is 0.576. The van der Waals surface area contributed by atoms with Gasteiger partial charge in [0.2, 0.25) is 15.9 Å². The van der Waals surface area contributed by atoms with Crippen LogP contribution in [0.15, 0.2) is 34.2 Å². The summed E-state index contributed by atoms with van der Waals surface area (Å²) in [7, 11) is -0.443. The molecule has 0 radical (unpaired) electrons. The fraction of sp³-hybridized carbons (Fsp3) is 0.556. The lowest BCUT2D eigenvalue weighted by molar-refractivity contribution is -0.121. The highest BCUT2D eigenvalue weighted by Crippen LogP contribution is 2.14. The Hall–Kier alpha value is -1.40. The van der Waals surface area contributed by atoms with Crippen LogP contribution < -0.4 is 16.0 Å². The normalized spacial score (nSPS) is 12.3. The van der Waals surface area contributed by atoms with Crippen molar-refractivity contribution in [2.45, 2.75) is 44.7 Å². The van der Waals surface area contributed by atoms with Gasteiger partial charge in [0.1, 0.15) is 0 Å². The zero-order chi connectivity index (χ0) is 20.7. The Labute approximate surface area is 185 Å². The Kier molecular flexibility index (Phi) is 11.0. The first kappa shape index (κ1) is 26.6. The van der Waals surface area contributed by atoms with Crippen molar-refractivity contribution in [3.63, 3.8) is 0 Å². The molecule has 0 fully saturated rings. The minimum atomic E-state index is -3.44. The standard InChI is InChI=1S/C18H31N5O3S.HI/c1-7-19-17(21-13-16(24)22-18(2,3)4)20-12-14-8-10-15(11-9-14)27(25,26)23(5)6;/h8-11H,7,12-13H2,1-6H3,(H,22,24)(H2,19,20,21);1H. The number of amides is 1. The van der Waals surface area contributed by atoms with Crippen LogP contribution in [-0.4, -0.2) is 57.3 Å². The van der Waals surface area contributed by atoms with Crippen molar-refractivity contribution in [3.8, 4) is 0 Å². The van der Waals surface area contributed by atoms with Gasteiger partial charge in [-0.25, -0.2) is 17.7 Å². The quantitative estimate of drug-likeness (QED) is 0.285. The van der Waals surface area contributed by atoms with Gasteiger partial charge in [-0.15, -0.1) is 24.0 Å². The number of guanidine groups is 1. The van der Waals surface area contributed by atoms with E-state index in [9.17, 15) is 13.2 Å². The van der Waals surface area contributed by atoms with Gasteiger partial charge in [0, 0.05) is 26.2 Å². The first-order valence-electron chi connectivity index (χ1n) is 8.80. The highest BCUT2D eigenvalue weighted by Gasteiger charge is 2.16. The molecule has 0 aromatic heterocycles. The van der Waals surface area contributed by atoms with Crippen molar-refractivity contribution in [1.29, 1.82) is 0 Å². The van der Waals surface area contributed by atoms with Gasteiger partial charge in [0.25, 0.3) is 0 Å². The fourth-order valence-electron chi connectivity index (χ4n) is 2.12. The van der Waals surface area contributed by atoms with E-state index in [1.807, 2.05) is 27.7 Å². The van der Waals surface area contributed by atoms with E-state index in [0.29, 0.717) is 19.0 Å². The van der Waals surface area contributed by atoms with Gasteiger partial charge in [0.15, 0.2) is 5.96 Å². The van der Waals surface area contributed by atoms with Gasteiger partial charge in [-0.1, -0.05) is 12.1 Å².